The monoisotopic (exact) mass is 516 g/mol. The average molecular weight is 517 g/mol. The van der Waals surface area contributed by atoms with Gasteiger partial charge in [0.2, 0.25) is 0 Å². The number of hydrazine groups is 1. The maximum atomic E-state index is 13.0. The summed E-state index contributed by atoms with van der Waals surface area (Å²) in [5.74, 6) is 0.247. The average Bonchev–Trinajstić information content (AvgIpc) is 2.92. The van der Waals surface area contributed by atoms with Gasteiger partial charge < -0.3 is 5.11 Å². The van der Waals surface area contributed by atoms with Crippen LogP contribution in [0.5, 0.6) is 5.75 Å². The normalized spacial score (nSPS) is 27.8. The second-order valence-electron chi connectivity index (χ2n) is 11.5. The summed E-state index contributed by atoms with van der Waals surface area (Å²) in [6, 6.07) is 17.7. The Hall–Kier alpha value is -2.67. The van der Waals surface area contributed by atoms with Crippen LogP contribution in [0.25, 0.3) is 0 Å². The van der Waals surface area contributed by atoms with E-state index in [1.54, 1.807) is 6.07 Å². The Morgan fingerprint density at radius 3 is 2.39 bits per heavy atom. The lowest BCUT2D eigenvalue weighted by molar-refractivity contribution is -0.0499. The Morgan fingerprint density at radius 2 is 1.68 bits per heavy atom. The molecule has 2 N–H and O–H groups in total. The van der Waals surface area contributed by atoms with Crippen LogP contribution in [0.1, 0.15) is 86.3 Å². The fourth-order valence-electron chi connectivity index (χ4n) is 7.08. The summed E-state index contributed by atoms with van der Waals surface area (Å²) in [7, 11) is 0. The largest absolute Gasteiger partial charge is 0.508 e. The summed E-state index contributed by atoms with van der Waals surface area (Å²) in [4.78, 5) is 18.3. The number of hydrogen-bond acceptors (Lipinski definition) is 5. The van der Waals surface area contributed by atoms with Crippen LogP contribution >= 0.6 is 0 Å². The molecule has 3 saturated heterocycles. The van der Waals surface area contributed by atoms with Crippen molar-refractivity contribution in [2.45, 2.75) is 89.0 Å². The van der Waals surface area contributed by atoms with Crippen LogP contribution in [0.3, 0.4) is 0 Å². The molecule has 5 rings (SSSR count). The zero-order valence-electron chi connectivity index (χ0n) is 23.1. The van der Waals surface area contributed by atoms with Gasteiger partial charge in [0.15, 0.2) is 0 Å². The minimum Gasteiger partial charge on any atom is -0.508 e. The molecule has 0 spiro atoms. The molecule has 0 radical (unpaired) electrons. The number of phenolic OH excluding ortho intramolecular Hbond substituents is 1. The zero-order valence-corrected chi connectivity index (χ0v) is 23.1. The van der Waals surface area contributed by atoms with Crippen LogP contribution in [-0.2, 0) is 0 Å². The molecule has 2 aromatic carbocycles. The maximum absolute atomic E-state index is 13.0. The van der Waals surface area contributed by atoms with Crippen molar-refractivity contribution in [3.63, 3.8) is 0 Å². The standard InChI is InChI=1S/C32H44N4O2/c1-4-19-35-23(2)11-18-30-29(35)17-12-24(3)36(30)31(27-9-8-10-28(37)22-27)25-13-15-26(16-14-25)32(38)33-34-20-6-5-7-21-34/h4,8-10,13-16,22-24,29-31,37H,1,5-7,11-12,17-21H2,2-3H3,(H,33,38). The van der Waals surface area contributed by atoms with E-state index >= 15 is 0 Å². The van der Waals surface area contributed by atoms with Crippen LogP contribution in [0.4, 0.5) is 0 Å². The Morgan fingerprint density at radius 1 is 0.974 bits per heavy atom. The molecule has 38 heavy (non-hydrogen) atoms. The van der Waals surface area contributed by atoms with Crippen molar-refractivity contribution < 1.29 is 9.90 Å². The van der Waals surface area contributed by atoms with Gasteiger partial charge in [-0.1, -0.05) is 36.8 Å². The van der Waals surface area contributed by atoms with Crippen molar-refractivity contribution in [2.75, 3.05) is 19.6 Å². The van der Waals surface area contributed by atoms with Gasteiger partial charge in [-0.15, -0.1) is 6.58 Å². The highest BCUT2D eigenvalue weighted by atomic mass is 16.3. The first-order valence-corrected chi connectivity index (χ1v) is 14.5. The number of piperidine rings is 3. The van der Waals surface area contributed by atoms with E-state index in [1.165, 1.54) is 19.3 Å². The number of nitrogens with one attached hydrogen (secondary N) is 1. The predicted octanol–water partition coefficient (Wildman–Crippen LogP) is 5.50. The van der Waals surface area contributed by atoms with E-state index in [-0.39, 0.29) is 17.7 Å². The third-order valence-electron chi connectivity index (χ3n) is 9.02. The Balaban J connectivity index is 1.46. The smallest absolute Gasteiger partial charge is 0.265 e. The van der Waals surface area contributed by atoms with Gasteiger partial charge in [-0.3, -0.25) is 20.0 Å². The second kappa shape index (κ2) is 12.0. The number of fused-ring (bicyclic) bond motifs is 1. The highest BCUT2D eigenvalue weighted by molar-refractivity contribution is 5.93. The van der Waals surface area contributed by atoms with E-state index in [0.717, 1.165) is 56.4 Å². The Bertz CT molecular complexity index is 1100. The van der Waals surface area contributed by atoms with Gasteiger partial charge in [-0.05, 0) is 87.8 Å². The van der Waals surface area contributed by atoms with Gasteiger partial charge in [0, 0.05) is 49.4 Å². The fourth-order valence-corrected chi connectivity index (χ4v) is 7.08. The first-order chi connectivity index (χ1) is 18.5. The van der Waals surface area contributed by atoms with Gasteiger partial charge in [0.1, 0.15) is 5.75 Å². The molecule has 0 bridgehead atoms. The fraction of sp³-hybridized carbons (Fsp3) is 0.531. The topological polar surface area (TPSA) is 59.0 Å². The number of amides is 1. The number of hydrogen-bond donors (Lipinski definition) is 2. The molecule has 0 saturated carbocycles. The summed E-state index contributed by atoms with van der Waals surface area (Å²) in [6.07, 6.45) is 10.2. The molecule has 3 aliphatic rings. The molecule has 5 unspecified atom stereocenters. The van der Waals surface area contributed by atoms with Crippen molar-refractivity contribution in [2.24, 2.45) is 0 Å². The summed E-state index contributed by atoms with van der Waals surface area (Å²) in [5, 5.41) is 12.5. The molecular formula is C32H44N4O2. The van der Waals surface area contributed by atoms with E-state index in [4.69, 9.17) is 0 Å². The Kier molecular flexibility index (Phi) is 8.51. The van der Waals surface area contributed by atoms with Crippen LogP contribution in [0, 0.1) is 0 Å². The van der Waals surface area contributed by atoms with Crippen molar-refractivity contribution in [3.05, 3.63) is 77.9 Å². The van der Waals surface area contributed by atoms with E-state index in [2.05, 4.69) is 53.9 Å². The summed E-state index contributed by atoms with van der Waals surface area (Å²) >= 11 is 0. The zero-order chi connectivity index (χ0) is 26.6. The lowest BCUT2D eigenvalue weighted by atomic mass is 9.79. The quantitative estimate of drug-likeness (QED) is 0.476. The number of aromatic hydroxyl groups is 1. The summed E-state index contributed by atoms with van der Waals surface area (Å²) in [6.45, 7) is 11.5. The molecule has 5 atom stereocenters. The molecular weight excluding hydrogens is 472 g/mol. The molecule has 3 fully saturated rings. The van der Waals surface area contributed by atoms with E-state index in [1.807, 2.05) is 35.4 Å². The lowest BCUT2D eigenvalue weighted by Gasteiger charge is -2.56. The van der Waals surface area contributed by atoms with Gasteiger partial charge in [0.25, 0.3) is 5.91 Å². The minimum absolute atomic E-state index is 0.00286. The molecule has 3 heterocycles. The van der Waals surface area contributed by atoms with Crippen LogP contribution in [0.2, 0.25) is 0 Å². The number of likely N-dealkylation sites (tertiary alicyclic amines) is 2. The van der Waals surface area contributed by atoms with Crippen molar-refractivity contribution in [3.8, 4) is 5.75 Å². The number of benzene rings is 2. The number of carbonyl (C=O) groups is 1. The molecule has 6 heteroatoms. The van der Waals surface area contributed by atoms with Crippen LogP contribution in [-0.4, -0.2) is 69.6 Å². The van der Waals surface area contributed by atoms with Gasteiger partial charge >= 0.3 is 0 Å². The highest BCUT2D eigenvalue weighted by Crippen LogP contribution is 2.43. The van der Waals surface area contributed by atoms with Gasteiger partial charge in [-0.2, -0.15) is 0 Å². The highest BCUT2D eigenvalue weighted by Gasteiger charge is 2.45. The number of rotatable bonds is 7. The Labute approximate surface area is 228 Å². The summed E-state index contributed by atoms with van der Waals surface area (Å²) in [5.41, 5.74) is 6.02. The van der Waals surface area contributed by atoms with Gasteiger partial charge in [0.05, 0.1) is 6.04 Å². The lowest BCUT2D eigenvalue weighted by Crippen LogP contribution is -2.63. The van der Waals surface area contributed by atoms with Crippen LogP contribution < -0.4 is 5.43 Å². The molecule has 6 nitrogen and oxygen atoms in total. The molecule has 204 valence electrons. The van der Waals surface area contributed by atoms with Crippen LogP contribution in [0.15, 0.2) is 61.2 Å². The van der Waals surface area contributed by atoms with Gasteiger partial charge in [-0.25, -0.2) is 5.01 Å². The van der Waals surface area contributed by atoms with Crippen molar-refractivity contribution >= 4 is 5.91 Å². The molecule has 0 aliphatic carbocycles. The first kappa shape index (κ1) is 26.9. The van der Waals surface area contributed by atoms with E-state index < -0.39 is 0 Å². The minimum atomic E-state index is -0.0416. The SMILES string of the molecule is C=CCN1C(C)CCC2C1CCC(C)N2C(c1ccc(C(=O)NN2CCCCC2)cc1)c1cccc(O)c1. The second-order valence-corrected chi connectivity index (χ2v) is 11.5. The maximum Gasteiger partial charge on any atom is 0.265 e. The third kappa shape index (κ3) is 5.68. The molecule has 3 aliphatic heterocycles. The van der Waals surface area contributed by atoms with E-state index in [9.17, 15) is 9.90 Å². The predicted molar refractivity (Wildman–Crippen MR) is 153 cm³/mol. The van der Waals surface area contributed by atoms with E-state index in [0.29, 0.717) is 29.7 Å². The number of carbonyl (C=O) groups excluding carboxylic acids is 1. The molecule has 2 aromatic rings. The van der Waals surface area contributed by atoms with Crippen molar-refractivity contribution in [1.82, 2.24) is 20.2 Å². The molecule has 1 amide bonds. The molecule has 0 aromatic heterocycles. The summed E-state index contributed by atoms with van der Waals surface area (Å²) < 4.78 is 0. The van der Waals surface area contributed by atoms with Crippen molar-refractivity contribution in [1.29, 1.82) is 0 Å². The third-order valence-corrected chi connectivity index (χ3v) is 9.02. The number of phenols is 1. The number of nitrogens with zero attached hydrogens (tertiary/aromatic N) is 3. The first-order valence-electron chi connectivity index (χ1n) is 14.5.